The maximum absolute atomic E-state index is 13.1. The summed E-state index contributed by atoms with van der Waals surface area (Å²) in [6, 6.07) is 19.3. The lowest BCUT2D eigenvalue weighted by Crippen LogP contribution is -2.33. The van der Waals surface area contributed by atoms with E-state index in [2.05, 4.69) is 0 Å². The fraction of sp³-hybridized carbons (Fsp3) is 0.250. The Morgan fingerprint density at radius 2 is 1.69 bits per heavy atom. The molecule has 186 valence electrons. The van der Waals surface area contributed by atoms with Gasteiger partial charge in [-0.3, -0.25) is 9.59 Å². The molecule has 0 fully saturated rings. The smallest absolute Gasteiger partial charge is 0.335 e. The van der Waals surface area contributed by atoms with Gasteiger partial charge in [-0.15, -0.1) is 0 Å². The number of carbonyl (C=O) groups is 3. The Labute approximate surface area is 208 Å². The summed E-state index contributed by atoms with van der Waals surface area (Å²) in [5.41, 5.74) is 2.77. The zero-order chi connectivity index (χ0) is 25.7. The summed E-state index contributed by atoms with van der Waals surface area (Å²) < 4.78 is 16.3. The van der Waals surface area contributed by atoms with Gasteiger partial charge in [-0.25, -0.2) is 4.79 Å². The maximum Gasteiger partial charge on any atom is 0.335 e. The van der Waals surface area contributed by atoms with Gasteiger partial charge in [0.05, 0.1) is 12.2 Å². The summed E-state index contributed by atoms with van der Waals surface area (Å²) in [5, 5.41) is 19.6. The van der Waals surface area contributed by atoms with Gasteiger partial charge >= 0.3 is 17.9 Å². The number of carboxylic acids is 2. The van der Waals surface area contributed by atoms with Crippen LogP contribution in [0.15, 0.2) is 66.7 Å². The summed E-state index contributed by atoms with van der Waals surface area (Å²) in [6.07, 6.45) is 0.560. The molecule has 0 aromatic heterocycles. The van der Waals surface area contributed by atoms with E-state index in [1.165, 1.54) is 6.07 Å². The van der Waals surface area contributed by atoms with Crippen molar-refractivity contribution < 1.29 is 38.8 Å². The van der Waals surface area contributed by atoms with Crippen LogP contribution in [0.4, 0.5) is 0 Å². The van der Waals surface area contributed by atoms with Crippen LogP contribution in [0.1, 0.15) is 38.5 Å². The van der Waals surface area contributed by atoms with E-state index in [-0.39, 0.29) is 25.4 Å². The number of carbonyl (C=O) groups excluding carboxylic acids is 1. The normalized spacial score (nSPS) is 13.6. The summed E-state index contributed by atoms with van der Waals surface area (Å²) >= 11 is 0. The molecule has 0 aliphatic carbocycles. The number of hydrogen-bond donors (Lipinski definition) is 2. The maximum atomic E-state index is 13.1. The zero-order valence-corrected chi connectivity index (χ0v) is 19.7. The monoisotopic (exact) mass is 490 g/mol. The predicted molar refractivity (Wildman–Crippen MR) is 129 cm³/mol. The molecule has 1 aliphatic rings. The predicted octanol–water partition coefficient (Wildman–Crippen LogP) is 4.23. The lowest BCUT2D eigenvalue weighted by molar-refractivity contribution is -0.159. The Morgan fingerprint density at radius 1 is 0.944 bits per heavy atom. The molecule has 0 saturated heterocycles. The molecule has 0 amide bonds. The Morgan fingerprint density at radius 3 is 2.42 bits per heavy atom. The number of carboxylic acid groups (broad SMARTS) is 2. The van der Waals surface area contributed by atoms with Crippen LogP contribution in [0.2, 0.25) is 0 Å². The summed E-state index contributed by atoms with van der Waals surface area (Å²) in [4.78, 5) is 37.2. The molecule has 0 spiro atoms. The van der Waals surface area contributed by atoms with E-state index in [0.29, 0.717) is 34.6 Å². The molecule has 0 bridgehead atoms. The van der Waals surface area contributed by atoms with Crippen LogP contribution in [0.3, 0.4) is 0 Å². The summed E-state index contributed by atoms with van der Waals surface area (Å²) in [5.74, 6) is -4.64. The molecule has 3 aromatic rings. The molecule has 4 rings (SSSR count). The van der Waals surface area contributed by atoms with E-state index < -0.39 is 29.7 Å². The minimum Gasteiger partial charge on any atom is -0.481 e. The Balaban J connectivity index is 1.65. The van der Waals surface area contributed by atoms with Crippen molar-refractivity contribution in [3.05, 3.63) is 94.5 Å². The van der Waals surface area contributed by atoms with Gasteiger partial charge in [0, 0.05) is 12.3 Å². The van der Waals surface area contributed by atoms with Gasteiger partial charge in [0.2, 0.25) is 6.79 Å². The van der Waals surface area contributed by atoms with E-state index in [4.69, 9.17) is 14.2 Å². The van der Waals surface area contributed by atoms with Gasteiger partial charge in [0.1, 0.15) is 0 Å². The number of aliphatic carboxylic acids is 1. The fourth-order valence-corrected chi connectivity index (χ4v) is 4.39. The van der Waals surface area contributed by atoms with Crippen LogP contribution in [0.5, 0.6) is 11.5 Å². The average Bonchev–Trinajstić information content (AvgIpc) is 3.33. The van der Waals surface area contributed by atoms with Crippen LogP contribution in [-0.4, -0.2) is 41.5 Å². The highest BCUT2D eigenvalue weighted by atomic mass is 16.7. The molecule has 36 heavy (non-hydrogen) atoms. The average molecular weight is 491 g/mol. The first kappa shape index (κ1) is 24.8. The SMILES string of the molecule is Cc1c(CC(c2ccc3c(c2)OCO3)C(C(=O)O)C(=O)OCCc2ccccc2)cccc1C(=O)O. The Hall–Kier alpha value is -4.33. The van der Waals surface area contributed by atoms with Crippen LogP contribution in [-0.2, 0) is 27.2 Å². The Kier molecular flexibility index (Phi) is 7.53. The van der Waals surface area contributed by atoms with E-state index in [0.717, 1.165) is 5.56 Å². The van der Waals surface area contributed by atoms with Gasteiger partial charge < -0.3 is 24.4 Å². The van der Waals surface area contributed by atoms with Crippen molar-refractivity contribution >= 4 is 17.9 Å². The quantitative estimate of drug-likeness (QED) is 0.320. The molecule has 0 saturated carbocycles. The second kappa shape index (κ2) is 10.9. The van der Waals surface area contributed by atoms with Crippen molar-refractivity contribution in [3.8, 4) is 11.5 Å². The van der Waals surface area contributed by atoms with E-state index in [9.17, 15) is 24.6 Å². The third-order valence-electron chi connectivity index (χ3n) is 6.34. The van der Waals surface area contributed by atoms with Gasteiger partial charge in [-0.1, -0.05) is 48.5 Å². The highest BCUT2D eigenvalue weighted by Gasteiger charge is 2.38. The minimum atomic E-state index is -1.52. The lowest BCUT2D eigenvalue weighted by Gasteiger charge is -2.25. The van der Waals surface area contributed by atoms with Gasteiger partial charge in [0.25, 0.3) is 0 Å². The third-order valence-corrected chi connectivity index (χ3v) is 6.34. The second-order valence-electron chi connectivity index (χ2n) is 8.54. The first-order valence-electron chi connectivity index (χ1n) is 11.5. The molecule has 2 unspecified atom stereocenters. The van der Waals surface area contributed by atoms with Crippen molar-refractivity contribution in [2.24, 2.45) is 5.92 Å². The minimum absolute atomic E-state index is 0.0357. The zero-order valence-electron chi connectivity index (χ0n) is 19.7. The molecule has 0 radical (unpaired) electrons. The standard InChI is InChI=1S/C28H26O8/c1-17-19(8-5-9-21(17)26(29)30)14-22(20-10-11-23-24(15-20)36-16-35-23)25(27(31)32)28(33)34-13-12-18-6-3-2-4-7-18/h2-11,15,22,25H,12-14,16H2,1H3,(H,29,30)(H,31,32). The molecule has 8 nitrogen and oxygen atoms in total. The highest BCUT2D eigenvalue weighted by Crippen LogP contribution is 2.39. The highest BCUT2D eigenvalue weighted by molar-refractivity contribution is 5.95. The molecule has 3 aromatic carbocycles. The van der Waals surface area contributed by atoms with Crippen molar-refractivity contribution in [2.75, 3.05) is 13.4 Å². The number of rotatable bonds is 10. The van der Waals surface area contributed by atoms with Crippen molar-refractivity contribution in [2.45, 2.75) is 25.7 Å². The van der Waals surface area contributed by atoms with Crippen LogP contribution in [0, 0.1) is 12.8 Å². The molecule has 2 atom stereocenters. The van der Waals surface area contributed by atoms with Gasteiger partial charge in [-0.2, -0.15) is 0 Å². The first-order chi connectivity index (χ1) is 17.3. The summed E-state index contributed by atoms with van der Waals surface area (Å²) in [6.45, 7) is 1.75. The van der Waals surface area contributed by atoms with Gasteiger partial charge in [-0.05, 0) is 53.8 Å². The Bertz CT molecular complexity index is 1270. The third kappa shape index (κ3) is 5.49. The molecular weight excluding hydrogens is 464 g/mol. The van der Waals surface area contributed by atoms with Crippen molar-refractivity contribution in [1.82, 2.24) is 0 Å². The van der Waals surface area contributed by atoms with Crippen LogP contribution in [0.25, 0.3) is 0 Å². The van der Waals surface area contributed by atoms with E-state index >= 15 is 0 Å². The number of esters is 1. The molecule has 8 heteroatoms. The van der Waals surface area contributed by atoms with E-state index in [1.807, 2.05) is 30.3 Å². The molecule has 1 heterocycles. The second-order valence-corrected chi connectivity index (χ2v) is 8.54. The van der Waals surface area contributed by atoms with Crippen molar-refractivity contribution in [3.63, 3.8) is 0 Å². The number of aromatic carboxylic acids is 1. The van der Waals surface area contributed by atoms with E-state index in [1.54, 1.807) is 37.3 Å². The van der Waals surface area contributed by atoms with Crippen LogP contribution < -0.4 is 9.47 Å². The van der Waals surface area contributed by atoms with Crippen molar-refractivity contribution in [1.29, 1.82) is 0 Å². The fourth-order valence-electron chi connectivity index (χ4n) is 4.39. The molecule has 2 N–H and O–H groups in total. The van der Waals surface area contributed by atoms with Gasteiger partial charge in [0.15, 0.2) is 17.4 Å². The summed E-state index contributed by atoms with van der Waals surface area (Å²) in [7, 11) is 0. The molecule has 1 aliphatic heterocycles. The number of fused-ring (bicyclic) bond motifs is 1. The lowest BCUT2D eigenvalue weighted by atomic mass is 9.80. The number of ether oxygens (including phenoxy) is 3. The first-order valence-corrected chi connectivity index (χ1v) is 11.5. The number of benzene rings is 3. The number of hydrogen-bond acceptors (Lipinski definition) is 6. The largest absolute Gasteiger partial charge is 0.481 e. The molecular formula is C28H26O8. The van der Waals surface area contributed by atoms with Crippen LogP contribution >= 0.6 is 0 Å². The topological polar surface area (TPSA) is 119 Å².